The minimum Gasteiger partial charge on any atom is -0.399 e. The highest BCUT2D eigenvalue weighted by Gasteiger charge is 2.01. The lowest BCUT2D eigenvalue weighted by Gasteiger charge is -2.09. The highest BCUT2D eigenvalue weighted by atomic mass is 16.1. The van der Waals surface area contributed by atoms with Gasteiger partial charge in [0, 0.05) is 30.9 Å². The number of amides is 1. The standard InChI is InChI=1S/C13H21N3O/c1-10(2)9-16-13(17)6-7-15-12-5-3-4-11(14)8-12/h3-5,8,10,15H,6-7,9,14H2,1-2H3,(H,16,17). The molecular formula is C13H21N3O. The summed E-state index contributed by atoms with van der Waals surface area (Å²) in [7, 11) is 0. The van der Waals surface area contributed by atoms with Crippen LogP contribution in [-0.4, -0.2) is 19.0 Å². The minimum absolute atomic E-state index is 0.0788. The van der Waals surface area contributed by atoms with E-state index in [-0.39, 0.29) is 5.91 Å². The number of benzene rings is 1. The maximum absolute atomic E-state index is 11.4. The van der Waals surface area contributed by atoms with Crippen LogP contribution in [0.2, 0.25) is 0 Å². The third-order valence-corrected chi connectivity index (χ3v) is 2.28. The van der Waals surface area contributed by atoms with E-state index in [1.807, 2.05) is 24.3 Å². The smallest absolute Gasteiger partial charge is 0.221 e. The van der Waals surface area contributed by atoms with Crippen molar-refractivity contribution in [3.8, 4) is 0 Å². The number of hydrogen-bond donors (Lipinski definition) is 3. The van der Waals surface area contributed by atoms with Crippen LogP contribution in [0.5, 0.6) is 0 Å². The van der Waals surface area contributed by atoms with Crippen LogP contribution in [0, 0.1) is 5.92 Å². The molecule has 0 unspecified atom stereocenters. The second kappa shape index (κ2) is 6.78. The van der Waals surface area contributed by atoms with E-state index in [1.54, 1.807) is 0 Å². The van der Waals surface area contributed by atoms with E-state index in [0.717, 1.165) is 17.9 Å². The van der Waals surface area contributed by atoms with Crippen molar-refractivity contribution in [1.29, 1.82) is 0 Å². The maximum atomic E-state index is 11.4. The van der Waals surface area contributed by atoms with E-state index < -0.39 is 0 Å². The highest BCUT2D eigenvalue weighted by Crippen LogP contribution is 2.11. The van der Waals surface area contributed by atoms with Gasteiger partial charge in [0.1, 0.15) is 0 Å². The lowest BCUT2D eigenvalue weighted by Crippen LogP contribution is -2.28. The third kappa shape index (κ3) is 5.80. The fourth-order valence-electron chi connectivity index (χ4n) is 1.38. The molecule has 0 saturated carbocycles. The Kier molecular flexibility index (Phi) is 5.33. The minimum atomic E-state index is 0.0788. The van der Waals surface area contributed by atoms with Crippen LogP contribution in [0.4, 0.5) is 11.4 Å². The monoisotopic (exact) mass is 235 g/mol. The lowest BCUT2D eigenvalue weighted by atomic mass is 10.2. The third-order valence-electron chi connectivity index (χ3n) is 2.28. The van der Waals surface area contributed by atoms with Crippen LogP contribution in [0.3, 0.4) is 0 Å². The fourth-order valence-corrected chi connectivity index (χ4v) is 1.38. The zero-order valence-corrected chi connectivity index (χ0v) is 10.5. The van der Waals surface area contributed by atoms with Crippen LogP contribution in [-0.2, 0) is 4.79 Å². The molecule has 0 aromatic heterocycles. The van der Waals surface area contributed by atoms with Crippen molar-refractivity contribution in [2.75, 3.05) is 24.1 Å². The molecule has 1 amide bonds. The van der Waals surface area contributed by atoms with Gasteiger partial charge in [-0.05, 0) is 24.1 Å². The number of carbonyl (C=O) groups excluding carboxylic acids is 1. The topological polar surface area (TPSA) is 67.2 Å². The van der Waals surface area contributed by atoms with Crippen molar-refractivity contribution in [2.24, 2.45) is 5.92 Å². The van der Waals surface area contributed by atoms with Crippen LogP contribution in [0.25, 0.3) is 0 Å². The highest BCUT2D eigenvalue weighted by molar-refractivity contribution is 5.76. The van der Waals surface area contributed by atoms with E-state index in [4.69, 9.17) is 5.73 Å². The summed E-state index contributed by atoms with van der Waals surface area (Å²) in [6.07, 6.45) is 0.474. The first-order valence-corrected chi connectivity index (χ1v) is 5.94. The normalized spacial score (nSPS) is 10.3. The van der Waals surface area contributed by atoms with Crippen molar-refractivity contribution in [1.82, 2.24) is 5.32 Å². The first kappa shape index (κ1) is 13.4. The quantitative estimate of drug-likeness (QED) is 0.659. The summed E-state index contributed by atoms with van der Waals surface area (Å²) < 4.78 is 0. The second-order valence-corrected chi connectivity index (χ2v) is 4.50. The Morgan fingerprint density at radius 1 is 1.41 bits per heavy atom. The molecule has 0 saturated heterocycles. The molecule has 1 aromatic rings. The van der Waals surface area contributed by atoms with E-state index in [2.05, 4.69) is 24.5 Å². The van der Waals surface area contributed by atoms with Gasteiger partial charge < -0.3 is 16.4 Å². The van der Waals surface area contributed by atoms with Crippen molar-refractivity contribution in [2.45, 2.75) is 20.3 Å². The molecule has 94 valence electrons. The fraction of sp³-hybridized carbons (Fsp3) is 0.462. The average molecular weight is 235 g/mol. The van der Waals surface area contributed by atoms with E-state index in [0.29, 0.717) is 18.9 Å². The second-order valence-electron chi connectivity index (χ2n) is 4.50. The van der Waals surface area contributed by atoms with Crippen LogP contribution >= 0.6 is 0 Å². The average Bonchev–Trinajstić information content (AvgIpc) is 2.26. The van der Waals surface area contributed by atoms with Gasteiger partial charge in [0.25, 0.3) is 0 Å². The lowest BCUT2D eigenvalue weighted by molar-refractivity contribution is -0.120. The van der Waals surface area contributed by atoms with Gasteiger partial charge in [-0.25, -0.2) is 0 Å². The Balaban J connectivity index is 2.21. The SMILES string of the molecule is CC(C)CNC(=O)CCNc1cccc(N)c1. The zero-order valence-electron chi connectivity index (χ0n) is 10.5. The summed E-state index contributed by atoms with van der Waals surface area (Å²) in [4.78, 5) is 11.4. The van der Waals surface area contributed by atoms with E-state index in [9.17, 15) is 4.79 Å². The van der Waals surface area contributed by atoms with E-state index >= 15 is 0 Å². The van der Waals surface area contributed by atoms with Gasteiger partial charge in [0.15, 0.2) is 0 Å². The van der Waals surface area contributed by atoms with Crippen LogP contribution < -0.4 is 16.4 Å². The molecule has 4 N–H and O–H groups in total. The Morgan fingerprint density at radius 3 is 2.82 bits per heavy atom. The largest absolute Gasteiger partial charge is 0.399 e. The van der Waals surface area contributed by atoms with Gasteiger partial charge in [-0.1, -0.05) is 19.9 Å². The van der Waals surface area contributed by atoms with Gasteiger partial charge in [-0.15, -0.1) is 0 Å². The molecule has 4 heteroatoms. The maximum Gasteiger partial charge on any atom is 0.221 e. The van der Waals surface area contributed by atoms with Crippen LogP contribution in [0.15, 0.2) is 24.3 Å². The summed E-state index contributed by atoms with van der Waals surface area (Å²) in [5, 5.41) is 6.04. The molecule has 0 bridgehead atoms. The van der Waals surface area contributed by atoms with E-state index in [1.165, 1.54) is 0 Å². The predicted octanol–water partition coefficient (Wildman–Crippen LogP) is 1.84. The Hall–Kier alpha value is -1.71. The van der Waals surface area contributed by atoms with Gasteiger partial charge in [-0.2, -0.15) is 0 Å². The Labute approximate surface area is 103 Å². The van der Waals surface area contributed by atoms with Crippen LogP contribution in [0.1, 0.15) is 20.3 Å². The van der Waals surface area contributed by atoms with Gasteiger partial charge in [0.05, 0.1) is 0 Å². The molecule has 0 fully saturated rings. The molecule has 0 aliphatic carbocycles. The molecule has 0 spiro atoms. The van der Waals surface area contributed by atoms with Gasteiger partial charge in [-0.3, -0.25) is 4.79 Å². The Bertz CT molecular complexity index is 363. The molecule has 17 heavy (non-hydrogen) atoms. The summed E-state index contributed by atoms with van der Waals surface area (Å²) in [5.41, 5.74) is 7.32. The molecule has 1 aromatic carbocycles. The first-order valence-electron chi connectivity index (χ1n) is 5.94. The summed E-state index contributed by atoms with van der Waals surface area (Å²) >= 11 is 0. The molecule has 0 atom stereocenters. The zero-order chi connectivity index (χ0) is 12.7. The number of nitrogens with one attached hydrogen (secondary N) is 2. The molecule has 1 rings (SSSR count). The molecule has 0 aliphatic rings. The number of nitrogen functional groups attached to an aromatic ring is 1. The van der Waals surface area contributed by atoms with Crippen molar-refractivity contribution < 1.29 is 4.79 Å². The molecule has 0 radical (unpaired) electrons. The number of nitrogens with two attached hydrogens (primary N) is 1. The van der Waals surface area contributed by atoms with Crippen molar-refractivity contribution in [3.05, 3.63) is 24.3 Å². The molecule has 4 nitrogen and oxygen atoms in total. The predicted molar refractivity (Wildman–Crippen MR) is 71.8 cm³/mol. The number of hydrogen-bond acceptors (Lipinski definition) is 3. The first-order chi connectivity index (χ1) is 8.08. The van der Waals surface area contributed by atoms with Crippen molar-refractivity contribution in [3.63, 3.8) is 0 Å². The summed E-state index contributed by atoms with van der Waals surface area (Å²) in [6, 6.07) is 7.51. The summed E-state index contributed by atoms with van der Waals surface area (Å²) in [6.45, 7) is 5.50. The number of anilines is 2. The molecular weight excluding hydrogens is 214 g/mol. The summed E-state index contributed by atoms with van der Waals surface area (Å²) in [5.74, 6) is 0.566. The van der Waals surface area contributed by atoms with Gasteiger partial charge >= 0.3 is 0 Å². The number of carbonyl (C=O) groups is 1. The van der Waals surface area contributed by atoms with Crippen molar-refractivity contribution >= 4 is 17.3 Å². The Morgan fingerprint density at radius 2 is 2.18 bits per heavy atom. The molecule has 0 heterocycles. The number of rotatable bonds is 6. The molecule has 0 aliphatic heterocycles. The van der Waals surface area contributed by atoms with Gasteiger partial charge in [0.2, 0.25) is 5.91 Å².